The largest absolute Gasteiger partial charge is 0.480 e. The second-order valence-corrected chi connectivity index (χ2v) is 6.95. The molecule has 2 rings (SSSR count). The van der Waals surface area contributed by atoms with E-state index in [9.17, 15) is 18.3 Å². The zero-order valence-corrected chi connectivity index (χ0v) is 12.1. The van der Waals surface area contributed by atoms with Crippen molar-refractivity contribution in [3.8, 4) is 0 Å². The highest BCUT2D eigenvalue weighted by Crippen LogP contribution is 2.27. The lowest BCUT2D eigenvalue weighted by molar-refractivity contribution is -0.140. The number of sulfonamides is 1. The van der Waals surface area contributed by atoms with Crippen LogP contribution in [-0.4, -0.2) is 47.6 Å². The van der Waals surface area contributed by atoms with E-state index in [-0.39, 0.29) is 17.9 Å². The molecule has 0 spiro atoms. The van der Waals surface area contributed by atoms with Crippen LogP contribution >= 0.6 is 0 Å². The molecule has 2 N–H and O–H groups in total. The van der Waals surface area contributed by atoms with Crippen LogP contribution in [0.15, 0.2) is 23.1 Å². The van der Waals surface area contributed by atoms with E-state index in [4.69, 9.17) is 5.11 Å². The maximum absolute atomic E-state index is 12.5. The molecule has 1 saturated heterocycles. The fourth-order valence-electron chi connectivity index (χ4n) is 2.28. The molecule has 110 valence electrons. The SMILES string of the molecule is Cc1ccc(S(=O)(=O)N2C[C@H](O)C[C@H]2C(=O)O)cc1C. The van der Waals surface area contributed by atoms with Crippen molar-refractivity contribution in [3.63, 3.8) is 0 Å². The molecule has 1 heterocycles. The Morgan fingerprint density at radius 3 is 2.50 bits per heavy atom. The van der Waals surface area contributed by atoms with Crippen LogP contribution in [0, 0.1) is 13.8 Å². The minimum absolute atomic E-state index is 0.0564. The van der Waals surface area contributed by atoms with E-state index >= 15 is 0 Å². The number of aliphatic hydroxyl groups excluding tert-OH is 1. The number of aliphatic hydroxyl groups is 1. The molecule has 0 radical (unpaired) electrons. The molecule has 1 aromatic rings. The van der Waals surface area contributed by atoms with Crippen molar-refractivity contribution in [2.24, 2.45) is 0 Å². The van der Waals surface area contributed by atoms with Crippen LogP contribution in [0.1, 0.15) is 17.5 Å². The number of hydrogen-bond donors (Lipinski definition) is 2. The lowest BCUT2D eigenvalue weighted by Crippen LogP contribution is -2.40. The Labute approximate surface area is 117 Å². The summed E-state index contributed by atoms with van der Waals surface area (Å²) in [6, 6.07) is 3.46. The standard InChI is InChI=1S/C13H17NO5S/c1-8-3-4-11(5-9(8)2)20(18,19)14-7-10(15)6-12(14)13(16)17/h3-5,10,12,15H,6-7H2,1-2H3,(H,16,17)/t10-,12+/m1/s1. The first-order valence-corrected chi connectivity index (χ1v) is 7.67. The first-order chi connectivity index (χ1) is 9.23. The van der Waals surface area contributed by atoms with Gasteiger partial charge in [0.2, 0.25) is 10.0 Å². The summed E-state index contributed by atoms with van der Waals surface area (Å²) < 4.78 is 25.9. The number of benzene rings is 1. The van der Waals surface area contributed by atoms with Crippen molar-refractivity contribution in [1.82, 2.24) is 4.31 Å². The van der Waals surface area contributed by atoms with Crippen LogP contribution in [0.3, 0.4) is 0 Å². The number of hydrogen-bond acceptors (Lipinski definition) is 4. The maximum atomic E-state index is 12.5. The summed E-state index contributed by atoms with van der Waals surface area (Å²) in [5.74, 6) is -1.24. The molecule has 0 aromatic heterocycles. The van der Waals surface area contributed by atoms with Gasteiger partial charge in [-0.1, -0.05) is 6.07 Å². The first kappa shape index (κ1) is 15.0. The predicted molar refractivity (Wildman–Crippen MR) is 71.9 cm³/mol. The normalized spacial score (nSPS) is 23.9. The number of β-amino-alcohol motifs (C(OH)–C–C–N with tert-alkyl or cyclic N) is 1. The Kier molecular flexibility index (Phi) is 3.86. The smallest absolute Gasteiger partial charge is 0.322 e. The quantitative estimate of drug-likeness (QED) is 0.848. The Morgan fingerprint density at radius 2 is 1.95 bits per heavy atom. The van der Waals surface area contributed by atoms with E-state index in [2.05, 4.69) is 0 Å². The molecule has 0 amide bonds. The summed E-state index contributed by atoms with van der Waals surface area (Å²) in [6.45, 7) is 3.47. The highest BCUT2D eigenvalue weighted by molar-refractivity contribution is 7.89. The van der Waals surface area contributed by atoms with Gasteiger partial charge in [0.1, 0.15) is 6.04 Å². The molecule has 0 unspecified atom stereocenters. The molecule has 1 aliphatic heterocycles. The molecule has 7 heteroatoms. The van der Waals surface area contributed by atoms with Crippen LogP contribution in [-0.2, 0) is 14.8 Å². The van der Waals surface area contributed by atoms with Gasteiger partial charge < -0.3 is 10.2 Å². The van der Waals surface area contributed by atoms with Gasteiger partial charge in [0, 0.05) is 13.0 Å². The fourth-order valence-corrected chi connectivity index (χ4v) is 4.00. The van der Waals surface area contributed by atoms with Crippen LogP contribution in [0.25, 0.3) is 0 Å². The third-order valence-electron chi connectivity index (χ3n) is 3.60. The monoisotopic (exact) mass is 299 g/mol. The van der Waals surface area contributed by atoms with Crippen molar-refractivity contribution in [2.75, 3.05) is 6.54 Å². The van der Waals surface area contributed by atoms with Crippen LogP contribution in [0.2, 0.25) is 0 Å². The number of carbonyl (C=O) groups is 1. The van der Waals surface area contributed by atoms with Gasteiger partial charge in [0.05, 0.1) is 11.0 Å². The zero-order valence-electron chi connectivity index (χ0n) is 11.3. The zero-order chi connectivity index (χ0) is 15.1. The lowest BCUT2D eigenvalue weighted by atomic mass is 10.1. The minimum atomic E-state index is -3.91. The second kappa shape index (κ2) is 5.16. The van der Waals surface area contributed by atoms with Gasteiger partial charge in [-0.3, -0.25) is 4.79 Å². The Morgan fingerprint density at radius 1 is 1.30 bits per heavy atom. The molecule has 20 heavy (non-hydrogen) atoms. The maximum Gasteiger partial charge on any atom is 0.322 e. The lowest BCUT2D eigenvalue weighted by Gasteiger charge is -2.21. The molecule has 0 bridgehead atoms. The molecule has 2 atom stereocenters. The van der Waals surface area contributed by atoms with Gasteiger partial charge in [-0.25, -0.2) is 8.42 Å². The summed E-state index contributed by atoms with van der Waals surface area (Å²) >= 11 is 0. The third kappa shape index (κ3) is 2.56. The van der Waals surface area contributed by atoms with Gasteiger partial charge in [0.25, 0.3) is 0 Å². The van der Waals surface area contributed by atoms with Crippen molar-refractivity contribution >= 4 is 16.0 Å². The Bertz CT molecular complexity index is 640. The summed E-state index contributed by atoms with van der Waals surface area (Å²) in [6.07, 6.45) is -1.03. The number of nitrogens with zero attached hydrogens (tertiary/aromatic N) is 1. The highest BCUT2D eigenvalue weighted by Gasteiger charge is 2.43. The van der Waals surface area contributed by atoms with Crippen LogP contribution in [0.5, 0.6) is 0 Å². The van der Waals surface area contributed by atoms with E-state index in [0.717, 1.165) is 15.4 Å². The molecule has 0 aliphatic carbocycles. The molecular weight excluding hydrogens is 282 g/mol. The van der Waals surface area contributed by atoms with Crippen LogP contribution < -0.4 is 0 Å². The van der Waals surface area contributed by atoms with Crippen molar-refractivity contribution in [2.45, 2.75) is 37.3 Å². The van der Waals surface area contributed by atoms with Crippen molar-refractivity contribution in [1.29, 1.82) is 0 Å². The number of aryl methyl sites for hydroxylation is 2. The fraction of sp³-hybridized carbons (Fsp3) is 0.462. The summed E-state index contributed by atoms with van der Waals surface area (Å²) in [7, 11) is -3.91. The van der Waals surface area contributed by atoms with E-state index in [0.29, 0.717) is 0 Å². The summed E-state index contributed by atoms with van der Waals surface area (Å²) in [4.78, 5) is 11.2. The van der Waals surface area contributed by atoms with E-state index in [1.807, 2.05) is 6.92 Å². The summed E-state index contributed by atoms with van der Waals surface area (Å²) in [5, 5.41) is 18.7. The van der Waals surface area contributed by atoms with E-state index in [1.165, 1.54) is 12.1 Å². The molecule has 6 nitrogen and oxygen atoms in total. The molecular formula is C13H17NO5S. The number of rotatable bonds is 3. The van der Waals surface area contributed by atoms with E-state index in [1.54, 1.807) is 13.0 Å². The van der Waals surface area contributed by atoms with Crippen molar-refractivity contribution in [3.05, 3.63) is 29.3 Å². The van der Waals surface area contributed by atoms with Gasteiger partial charge in [-0.05, 0) is 37.1 Å². The van der Waals surface area contributed by atoms with Crippen molar-refractivity contribution < 1.29 is 23.4 Å². The van der Waals surface area contributed by atoms with Crippen LogP contribution in [0.4, 0.5) is 0 Å². The second-order valence-electron chi connectivity index (χ2n) is 5.06. The summed E-state index contributed by atoms with van der Waals surface area (Å²) in [5.41, 5.74) is 1.78. The molecule has 1 aliphatic rings. The molecule has 1 aromatic carbocycles. The average molecular weight is 299 g/mol. The molecule has 1 fully saturated rings. The highest BCUT2D eigenvalue weighted by atomic mass is 32.2. The number of carboxylic acid groups (broad SMARTS) is 1. The minimum Gasteiger partial charge on any atom is -0.480 e. The third-order valence-corrected chi connectivity index (χ3v) is 5.47. The molecule has 0 saturated carbocycles. The Hall–Kier alpha value is -1.44. The number of carboxylic acids is 1. The average Bonchev–Trinajstić information content (AvgIpc) is 2.75. The van der Waals surface area contributed by atoms with Gasteiger partial charge in [-0.2, -0.15) is 4.31 Å². The van der Waals surface area contributed by atoms with E-state index < -0.39 is 28.1 Å². The van der Waals surface area contributed by atoms with Gasteiger partial charge >= 0.3 is 5.97 Å². The first-order valence-electron chi connectivity index (χ1n) is 6.23. The topological polar surface area (TPSA) is 94.9 Å². The Balaban J connectivity index is 2.43. The number of aliphatic carboxylic acids is 1. The van der Waals surface area contributed by atoms with Gasteiger partial charge in [0.15, 0.2) is 0 Å². The predicted octanol–water partition coefficient (Wildman–Crippen LogP) is 0.512. The van der Waals surface area contributed by atoms with Gasteiger partial charge in [-0.15, -0.1) is 0 Å².